The van der Waals surface area contributed by atoms with Gasteiger partial charge in [0.1, 0.15) is 0 Å². The van der Waals surface area contributed by atoms with Crippen LogP contribution in [0.15, 0.2) is 5.11 Å². The average Bonchev–Trinajstić information content (AvgIpc) is 3.16. The predicted octanol–water partition coefficient (Wildman–Crippen LogP) is 6.24. The Morgan fingerprint density at radius 2 is 1.97 bits per heavy atom. The zero-order chi connectivity index (χ0) is 23.8. The number of azide groups is 1. The summed E-state index contributed by atoms with van der Waals surface area (Å²) in [5.74, 6) is 3.66. The smallest absolute Gasteiger partial charge is 0.220 e. The SMILES string of the molecule is CCCNC(=O)CC[C@@H](C)[C@H]1CC[C@H]2[C@@H]3CC[C@@H]4CC(N=[N+]=[N-])CC[C@]4(C)[C@H]3C[C@H](O)[C@]12C. The number of carbonyl (C=O) groups is 1. The summed E-state index contributed by atoms with van der Waals surface area (Å²) in [5, 5.41) is 18.8. The topological polar surface area (TPSA) is 98.1 Å². The van der Waals surface area contributed by atoms with E-state index in [1.165, 1.54) is 25.7 Å². The molecule has 6 heteroatoms. The van der Waals surface area contributed by atoms with Crippen molar-refractivity contribution in [1.82, 2.24) is 5.32 Å². The van der Waals surface area contributed by atoms with Gasteiger partial charge in [0.25, 0.3) is 0 Å². The van der Waals surface area contributed by atoms with E-state index in [9.17, 15) is 9.90 Å². The fraction of sp³-hybridized carbons (Fsp3) is 0.963. The molecule has 4 aliphatic carbocycles. The molecule has 0 aromatic heterocycles. The first kappa shape index (κ1) is 24.9. The van der Waals surface area contributed by atoms with E-state index in [0.717, 1.165) is 45.1 Å². The Kier molecular flexibility index (Phi) is 7.36. The van der Waals surface area contributed by atoms with Gasteiger partial charge in [-0.2, -0.15) is 0 Å². The fourth-order valence-electron chi connectivity index (χ4n) is 9.25. The van der Waals surface area contributed by atoms with Crippen LogP contribution in [-0.4, -0.2) is 29.7 Å². The zero-order valence-electron chi connectivity index (χ0n) is 21.3. The summed E-state index contributed by atoms with van der Waals surface area (Å²) >= 11 is 0. The summed E-state index contributed by atoms with van der Waals surface area (Å²) in [4.78, 5) is 15.3. The number of hydrogen-bond acceptors (Lipinski definition) is 3. The third kappa shape index (κ3) is 4.31. The lowest BCUT2D eigenvalue weighted by Gasteiger charge is -2.62. The summed E-state index contributed by atoms with van der Waals surface area (Å²) in [6.45, 7) is 10.0. The van der Waals surface area contributed by atoms with Crippen LogP contribution in [0.2, 0.25) is 0 Å². The van der Waals surface area contributed by atoms with Gasteiger partial charge in [-0.1, -0.05) is 32.8 Å². The highest BCUT2D eigenvalue weighted by molar-refractivity contribution is 5.75. The van der Waals surface area contributed by atoms with Gasteiger partial charge in [0.2, 0.25) is 5.91 Å². The van der Waals surface area contributed by atoms with E-state index in [4.69, 9.17) is 5.53 Å². The Balaban J connectivity index is 1.46. The second kappa shape index (κ2) is 9.77. The van der Waals surface area contributed by atoms with Crippen LogP contribution in [0.25, 0.3) is 10.4 Å². The van der Waals surface area contributed by atoms with E-state index in [2.05, 4.69) is 43.0 Å². The lowest BCUT2D eigenvalue weighted by Crippen LogP contribution is -2.58. The molecule has 6 nitrogen and oxygen atoms in total. The third-order valence-corrected chi connectivity index (χ3v) is 11.1. The van der Waals surface area contributed by atoms with Gasteiger partial charge in [-0.15, -0.1) is 0 Å². The van der Waals surface area contributed by atoms with Crippen molar-refractivity contribution in [3.8, 4) is 0 Å². The Morgan fingerprint density at radius 3 is 2.70 bits per heavy atom. The number of hydrogen-bond donors (Lipinski definition) is 2. The lowest BCUT2D eigenvalue weighted by atomic mass is 9.43. The third-order valence-electron chi connectivity index (χ3n) is 11.1. The standard InChI is InChI=1S/C27H46N4O2/c1-5-14-29-25(33)11-6-17(2)21-9-10-22-20-8-7-18-15-19(30-31-28)12-13-26(18,3)23(20)16-24(32)27(21,22)4/h17-24,32H,5-16H2,1-4H3,(H,29,33)/t17-,18-,19?,20+,21-,22+,23+,24+,26+,27-/m1/s1. The van der Waals surface area contributed by atoms with Gasteiger partial charge in [0.15, 0.2) is 0 Å². The summed E-state index contributed by atoms with van der Waals surface area (Å²) < 4.78 is 0. The number of amides is 1. The summed E-state index contributed by atoms with van der Waals surface area (Å²) in [6.07, 6.45) is 11.3. The van der Waals surface area contributed by atoms with Crippen LogP contribution in [0.1, 0.15) is 98.3 Å². The van der Waals surface area contributed by atoms with Crippen LogP contribution < -0.4 is 5.32 Å². The van der Waals surface area contributed by atoms with Crippen LogP contribution in [0.5, 0.6) is 0 Å². The lowest BCUT2D eigenvalue weighted by molar-refractivity contribution is -0.169. The van der Waals surface area contributed by atoms with Gasteiger partial charge in [0.05, 0.1) is 6.10 Å². The molecule has 186 valence electrons. The van der Waals surface area contributed by atoms with E-state index in [1.54, 1.807) is 0 Å². The maximum Gasteiger partial charge on any atom is 0.220 e. The largest absolute Gasteiger partial charge is 0.393 e. The highest BCUT2D eigenvalue weighted by atomic mass is 16.3. The fourth-order valence-corrected chi connectivity index (χ4v) is 9.25. The van der Waals surface area contributed by atoms with Gasteiger partial charge in [-0.05, 0) is 116 Å². The average molecular weight is 459 g/mol. The van der Waals surface area contributed by atoms with E-state index in [1.807, 2.05) is 0 Å². The van der Waals surface area contributed by atoms with Crippen molar-refractivity contribution in [2.45, 2.75) is 110 Å². The first-order chi connectivity index (χ1) is 15.8. The van der Waals surface area contributed by atoms with Crippen LogP contribution >= 0.6 is 0 Å². The highest BCUT2D eigenvalue weighted by Gasteiger charge is 2.63. The van der Waals surface area contributed by atoms with E-state index >= 15 is 0 Å². The summed E-state index contributed by atoms with van der Waals surface area (Å²) in [5.41, 5.74) is 9.16. The van der Waals surface area contributed by atoms with Crippen molar-refractivity contribution in [2.75, 3.05) is 6.54 Å². The number of rotatable bonds is 7. The van der Waals surface area contributed by atoms with Gasteiger partial charge in [-0.25, -0.2) is 0 Å². The van der Waals surface area contributed by atoms with Crippen molar-refractivity contribution < 1.29 is 9.90 Å². The maximum absolute atomic E-state index is 12.2. The molecule has 1 unspecified atom stereocenters. The van der Waals surface area contributed by atoms with Crippen molar-refractivity contribution >= 4 is 5.91 Å². The predicted molar refractivity (Wildman–Crippen MR) is 131 cm³/mol. The molecule has 0 radical (unpaired) electrons. The second-order valence-corrected chi connectivity index (χ2v) is 12.5. The highest BCUT2D eigenvalue weighted by Crippen LogP contribution is 2.68. The normalized spacial score (nSPS) is 45.2. The molecule has 0 heterocycles. The zero-order valence-corrected chi connectivity index (χ0v) is 21.3. The number of nitrogens with zero attached hydrogens (tertiary/aromatic N) is 3. The molecule has 0 saturated heterocycles. The summed E-state index contributed by atoms with van der Waals surface area (Å²) in [7, 11) is 0. The molecular weight excluding hydrogens is 412 g/mol. The number of carbonyl (C=O) groups excluding carboxylic acids is 1. The Hall–Kier alpha value is -1.26. The van der Waals surface area contributed by atoms with Crippen LogP contribution in [-0.2, 0) is 4.79 Å². The van der Waals surface area contributed by atoms with Gasteiger partial charge < -0.3 is 10.4 Å². The van der Waals surface area contributed by atoms with E-state index in [-0.39, 0.29) is 28.9 Å². The molecule has 10 atom stereocenters. The molecule has 2 N–H and O–H groups in total. The Bertz CT molecular complexity index is 767. The molecule has 1 amide bonds. The van der Waals surface area contributed by atoms with Crippen LogP contribution in [0, 0.1) is 46.3 Å². The number of aliphatic hydroxyl groups excluding tert-OH is 1. The molecule has 0 aromatic carbocycles. The monoisotopic (exact) mass is 458 g/mol. The number of aliphatic hydroxyl groups is 1. The molecule has 4 fully saturated rings. The van der Waals surface area contributed by atoms with Gasteiger partial charge in [-0.3, -0.25) is 4.79 Å². The van der Waals surface area contributed by atoms with E-state index in [0.29, 0.717) is 41.9 Å². The van der Waals surface area contributed by atoms with Crippen LogP contribution in [0.3, 0.4) is 0 Å². The number of nitrogens with one attached hydrogen (secondary N) is 1. The first-order valence-electron chi connectivity index (χ1n) is 13.7. The van der Waals surface area contributed by atoms with Crippen molar-refractivity contribution in [3.05, 3.63) is 10.4 Å². The molecule has 0 aromatic rings. The molecule has 0 bridgehead atoms. The number of fused-ring (bicyclic) bond motifs is 5. The molecular formula is C27H46N4O2. The quantitative estimate of drug-likeness (QED) is 0.268. The molecule has 4 saturated carbocycles. The van der Waals surface area contributed by atoms with Crippen molar-refractivity contribution in [2.24, 2.45) is 51.5 Å². The van der Waals surface area contributed by atoms with Crippen molar-refractivity contribution in [3.63, 3.8) is 0 Å². The molecule has 0 spiro atoms. The van der Waals surface area contributed by atoms with Gasteiger partial charge >= 0.3 is 0 Å². The van der Waals surface area contributed by atoms with Gasteiger partial charge in [0, 0.05) is 23.9 Å². The Labute approximate surface area is 200 Å². The first-order valence-corrected chi connectivity index (χ1v) is 13.7. The minimum Gasteiger partial charge on any atom is -0.393 e. The van der Waals surface area contributed by atoms with Crippen molar-refractivity contribution in [1.29, 1.82) is 0 Å². The summed E-state index contributed by atoms with van der Waals surface area (Å²) in [6, 6.07) is 0.162. The molecule has 0 aliphatic heterocycles. The molecule has 4 aliphatic rings. The Morgan fingerprint density at radius 1 is 1.18 bits per heavy atom. The second-order valence-electron chi connectivity index (χ2n) is 12.5. The van der Waals surface area contributed by atoms with Crippen LogP contribution in [0.4, 0.5) is 0 Å². The minimum atomic E-state index is -0.252. The minimum absolute atomic E-state index is 0.0218. The molecule has 4 rings (SSSR count). The van der Waals surface area contributed by atoms with E-state index < -0.39 is 0 Å². The molecule has 33 heavy (non-hydrogen) atoms. The maximum atomic E-state index is 12.2.